The van der Waals surface area contributed by atoms with Gasteiger partial charge in [0.05, 0.1) is 5.69 Å². The first kappa shape index (κ1) is 10.7. The molecule has 0 saturated carbocycles. The molecule has 0 saturated heterocycles. The zero-order valence-corrected chi connectivity index (χ0v) is 8.99. The Hall–Kier alpha value is -0.390. The van der Waals surface area contributed by atoms with E-state index >= 15 is 0 Å². The zero-order valence-electron chi connectivity index (χ0n) is 6.66. The summed E-state index contributed by atoms with van der Waals surface area (Å²) in [7, 11) is 1.45. The Kier molecular flexibility index (Phi) is 3.10. The molecular weight excluding hydrogens is 235 g/mol. The van der Waals surface area contributed by atoms with E-state index in [4.69, 9.17) is 22.3 Å². The maximum atomic E-state index is 10.7. The van der Waals surface area contributed by atoms with Gasteiger partial charge in [-0.25, -0.2) is 18.4 Å². The number of aromatic nitrogens is 2. The van der Waals surface area contributed by atoms with Crippen molar-refractivity contribution in [3.8, 4) is 0 Å². The van der Waals surface area contributed by atoms with Gasteiger partial charge in [0.15, 0.2) is 0 Å². The smallest absolute Gasteiger partial charge is 0.223 e. The molecule has 1 aromatic heterocycles. The molecule has 7 heteroatoms. The molecule has 1 rings (SSSR count). The molecule has 0 aromatic carbocycles. The molecule has 0 radical (unpaired) electrons. The van der Waals surface area contributed by atoms with Crippen LogP contribution in [0, 0.1) is 6.92 Å². The van der Waals surface area contributed by atoms with Gasteiger partial charge in [0, 0.05) is 16.4 Å². The van der Waals surface area contributed by atoms with Crippen LogP contribution in [0.3, 0.4) is 0 Å². The van der Waals surface area contributed by atoms with Crippen molar-refractivity contribution in [2.24, 2.45) is 0 Å². The van der Waals surface area contributed by atoms with Gasteiger partial charge in [0.1, 0.15) is 5.75 Å². The first-order valence-corrected chi connectivity index (χ1v) is 6.15. The van der Waals surface area contributed by atoms with Crippen LogP contribution in [-0.2, 0) is 14.8 Å². The first-order valence-electron chi connectivity index (χ1n) is 3.29. The first-order chi connectivity index (χ1) is 5.87. The van der Waals surface area contributed by atoms with E-state index in [2.05, 4.69) is 9.97 Å². The highest BCUT2D eigenvalue weighted by molar-refractivity contribution is 8.13. The molecule has 0 unspecified atom stereocenters. The summed E-state index contributed by atoms with van der Waals surface area (Å²) in [5.41, 5.74) is 0.905. The summed E-state index contributed by atoms with van der Waals surface area (Å²) in [6.07, 6.45) is 0. The predicted octanol–water partition coefficient (Wildman–Crippen LogP) is 1.51. The van der Waals surface area contributed by atoms with E-state index in [9.17, 15) is 8.42 Å². The molecule has 0 aliphatic rings. The van der Waals surface area contributed by atoms with Crippen LogP contribution in [0.5, 0.6) is 0 Å². The number of hydrogen-bond donors (Lipinski definition) is 0. The minimum atomic E-state index is -3.59. The summed E-state index contributed by atoms with van der Waals surface area (Å²) in [6, 6.07) is 1.52. The van der Waals surface area contributed by atoms with Crippen LogP contribution in [0.25, 0.3) is 0 Å². The van der Waals surface area contributed by atoms with E-state index in [0.717, 1.165) is 0 Å². The van der Waals surface area contributed by atoms with Gasteiger partial charge in [-0.2, -0.15) is 0 Å². The summed E-state index contributed by atoms with van der Waals surface area (Å²) in [6.45, 7) is 1.69. The monoisotopic (exact) mass is 240 g/mol. The average Bonchev–Trinajstić information content (AvgIpc) is 1.78. The van der Waals surface area contributed by atoms with Crippen molar-refractivity contribution in [1.29, 1.82) is 0 Å². The fraction of sp³-hybridized carbons (Fsp3) is 0.333. The molecule has 0 bridgehead atoms. The largest absolute Gasteiger partial charge is 0.238 e. The van der Waals surface area contributed by atoms with E-state index in [1.807, 2.05) is 0 Å². The van der Waals surface area contributed by atoms with Crippen LogP contribution in [0.1, 0.15) is 11.4 Å². The summed E-state index contributed by atoms with van der Waals surface area (Å²) in [5.74, 6) is -0.336. The van der Waals surface area contributed by atoms with Crippen LogP contribution in [-0.4, -0.2) is 18.4 Å². The number of halogens is 2. The minimum Gasteiger partial charge on any atom is -0.223 e. The highest BCUT2D eigenvalue weighted by atomic mass is 35.7. The molecule has 0 spiro atoms. The second-order valence-electron chi connectivity index (χ2n) is 2.45. The SMILES string of the molecule is Cc1cc(CS(=O)(=O)Cl)nc(Cl)n1. The van der Waals surface area contributed by atoms with E-state index in [1.165, 1.54) is 6.07 Å². The van der Waals surface area contributed by atoms with Crippen molar-refractivity contribution in [3.05, 3.63) is 22.7 Å². The summed E-state index contributed by atoms with van der Waals surface area (Å²) >= 11 is 5.52. The van der Waals surface area contributed by atoms with Crippen molar-refractivity contribution < 1.29 is 8.42 Å². The van der Waals surface area contributed by atoms with Gasteiger partial charge in [-0.3, -0.25) is 0 Å². The van der Waals surface area contributed by atoms with Crippen molar-refractivity contribution in [1.82, 2.24) is 9.97 Å². The van der Waals surface area contributed by atoms with Crippen LogP contribution in [0.15, 0.2) is 6.07 Å². The van der Waals surface area contributed by atoms with Gasteiger partial charge >= 0.3 is 0 Å². The molecule has 0 N–H and O–H groups in total. The number of hydrogen-bond acceptors (Lipinski definition) is 4. The second kappa shape index (κ2) is 3.77. The Labute approximate surface area is 85.3 Å². The summed E-state index contributed by atoms with van der Waals surface area (Å²) in [5, 5.41) is 0.0234. The molecule has 1 aromatic rings. The molecule has 0 fully saturated rings. The van der Waals surface area contributed by atoms with E-state index < -0.39 is 9.05 Å². The van der Waals surface area contributed by atoms with E-state index in [0.29, 0.717) is 11.4 Å². The number of nitrogens with zero attached hydrogens (tertiary/aromatic N) is 2. The molecule has 72 valence electrons. The van der Waals surface area contributed by atoms with Gasteiger partial charge in [0.25, 0.3) is 0 Å². The third kappa shape index (κ3) is 3.89. The Morgan fingerprint density at radius 1 is 1.46 bits per heavy atom. The van der Waals surface area contributed by atoms with E-state index in [-0.39, 0.29) is 11.0 Å². The van der Waals surface area contributed by atoms with Crippen molar-refractivity contribution in [2.45, 2.75) is 12.7 Å². The lowest BCUT2D eigenvalue weighted by Crippen LogP contribution is -2.00. The number of rotatable bonds is 2. The molecule has 0 aliphatic carbocycles. The molecular formula is C6H6Cl2N2O2S. The van der Waals surface area contributed by atoms with Gasteiger partial charge in [0.2, 0.25) is 14.3 Å². The maximum absolute atomic E-state index is 10.7. The Morgan fingerprint density at radius 2 is 2.08 bits per heavy atom. The quantitative estimate of drug-likeness (QED) is 0.581. The lowest BCUT2D eigenvalue weighted by Gasteiger charge is -1.98. The highest BCUT2D eigenvalue weighted by Gasteiger charge is 2.09. The minimum absolute atomic E-state index is 0.0234. The average molecular weight is 241 g/mol. The van der Waals surface area contributed by atoms with Crippen LogP contribution in [0.2, 0.25) is 5.28 Å². The lowest BCUT2D eigenvalue weighted by atomic mass is 10.4. The van der Waals surface area contributed by atoms with Gasteiger partial charge in [-0.15, -0.1) is 0 Å². The molecule has 4 nitrogen and oxygen atoms in total. The van der Waals surface area contributed by atoms with Gasteiger partial charge in [-0.05, 0) is 24.6 Å². The Bertz CT molecular complexity index is 398. The van der Waals surface area contributed by atoms with Crippen molar-refractivity contribution in [3.63, 3.8) is 0 Å². The normalized spacial score (nSPS) is 11.6. The van der Waals surface area contributed by atoms with Gasteiger partial charge < -0.3 is 0 Å². The van der Waals surface area contributed by atoms with Crippen molar-refractivity contribution in [2.75, 3.05) is 0 Å². The molecule has 0 amide bonds. The molecule has 1 heterocycles. The predicted molar refractivity (Wildman–Crippen MR) is 50.3 cm³/mol. The van der Waals surface area contributed by atoms with E-state index in [1.54, 1.807) is 6.92 Å². The molecule has 0 aliphatic heterocycles. The van der Waals surface area contributed by atoms with Crippen molar-refractivity contribution >= 4 is 31.3 Å². The second-order valence-corrected chi connectivity index (χ2v) is 5.57. The summed E-state index contributed by atoms with van der Waals surface area (Å²) in [4.78, 5) is 7.49. The third-order valence-corrected chi connectivity index (χ3v) is 2.34. The standard InChI is InChI=1S/C6H6Cl2N2O2S/c1-4-2-5(3-13(8,11)12)10-6(7)9-4/h2H,3H2,1H3. The lowest BCUT2D eigenvalue weighted by molar-refractivity contribution is 0.608. The fourth-order valence-electron chi connectivity index (χ4n) is 0.845. The third-order valence-electron chi connectivity index (χ3n) is 1.20. The fourth-order valence-corrected chi connectivity index (χ4v) is 1.92. The highest BCUT2D eigenvalue weighted by Crippen LogP contribution is 2.10. The number of aryl methyl sites for hydroxylation is 1. The zero-order chi connectivity index (χ0) is 10.1. The van der Waals surface area contributed by atoms with Gasteiger partial charge in [-0.1, -0.05) is 0 Å². The molecule has 13 heavy (non-hydrogen) atoms. The summed E-state index contributed by atoms with van der Waals surface area (Å²) < 4.78 is 21.4. The van der Waals surface area contributed by atoms with Crippen LogP contribution in [0.4, 0.5) is 0 Å². The Morgan fingerprint density at radius 3 is 2.54 bits per heavy atom. The Balaban J connectivity index is 3.03. The van der Waals surface area contributed by atoms with Crippen LogP contribution >= 0.6 is 22.3 Å². The molecule has 0 atom stereocenters. The van der Waals surface area contributed by atoms with Crippen LogP contribution < -0.4 is 0 Å². The maximum Gasteiger partial charge on any atom is 0.238 e. The topological polar surface area (TPSA) is 59.9 Å².